The number of aromatic amines is 1. The molecular formula is C25H18FN5O2. The molecule has 1 heterocycles. The van der Waals surface area contributed by atoms with Gasteiger partial charge in [0.05, 0.1) is 42.1 Å². The molecule has 0 atom stereocenters. The average molecular weight is 439 g/mol. The van der Waals surface area contributed by atoms with Gasteiger partial charge in [-0.2, -0.15) is 15.6 Å². The Kier molecular flexibility index (Phi) is 5.75. The van der Waals surface area contributed by atoms with Crippen molar-refractivity contribution in [3.05, 3.63) is 82.8 Å². The molecule has 1 aromatic heterocycles. The van der Waals surface area contributed by atoms with Crippen LogP contribution in [0.2, 0.25) is 0 Å². The van der Waals surface area contributed by atoms with Crippen molar-refractivity contribution in [2.24, 2.45) is 0 Å². The number of aromatic nitrogens is 2. The summed E-state index contributed by atoms with van der Waals surface area (Å²) in [6, 6.07) is 16.4. The van der Waals surface area contributed by atoms with E-state index in [0.717, 1.165) is 22.5 Å². The molecule has 8 heteroatoms. The number of benzene rings is 3. The lowest BCUT2D eigenvalue weighted by atomic mass is 10.00. The smallest absolute Gasteiger partial charge is 0.254 e. The van der Waals surface area contributed by atoms with Crippen molar-refractivity contribution in [1.82, 2.24) is 15.1 Å². The van der Waals surface area contributed by atoms with E-state index in [0.29, 0.717) is 28.0 Å². The largest absolute Gasteiger partial charge is 0.496 e. The van der Waals surface area contributed by atoms with Gasteiger partial charge < -0.3 is 9.64 Å². The number of H-pyrrole nitrogens is 1. The first-order chi connectivity index (χ1) is 15.9. The van der Waals surface area contributed by atoms with Crippen molar-refractivity contribution in [3.63, 3.8) is 0 Å². The van der Waals surface area contributed by atoms with E-state index in [-0.39, 0.29) is 18.0 Å². The number of halogens is 1. The summed E-state index contributed by atoms with van der Waals surface area (Å²) in [5, 5.41) is 26.1. The average Bonchev–Trinajstić information content (AvgIpc) is 3.31. The number of ether oxygens (including phenoxy) is 1. The molecule has 1 amide bonds. The Hall–Kier alpha value is -4.69. The van der Waals surface area contributed by atoms with Crippen molar-refractivity contribution in [1.29, 1.82) is 10.5 Å². The van der Waals surface area contributed by atoms with Crippen molar-refractivity contribution in [2.75, 3.05) is 14.2 Å². The Morgan fingerprint density at radius 1 is 1.12 bits per heavy atom. The van der Waals surface area contributed by atoms with Gasteiger partial charge in [-0.25, -0.2) is 4.39 Å². The quantitative estimate of drug-likeness (QED) is 0.496. The van der Waals surface area contributed by atoms with Crippen molar-refractivity contribution in [2.45, 2.75) is 6.54 Å². The number of hydrogen-bond donors (Lipinski definition) is 1. The van der Waals surface area contributed by atoms with Crippen LogP contribution in [0.5, 0.6) is 5.75 Å². The first-order valence-electron chi connectivity index (χ1n) is 9.94. The Labute approximate surface area is 189 Å². The number of nitrogens with zero attached hydrogens (tertiary/aromatic N) is 4. The summed E-state index contributed by atoms with van der Waals surface area (Å²) in [4.78, 5) is 14.7. The van der Waals surface area contributed by atoms with Crippen LogP contribution in [-0.2, 0) is 6.54 Å². The molecule has 3 aromatic carbocycles. The molecule has 7 nitrogen and oxygen atoms in total. The molecule has 4 rings (SSSR count). The molecule has 33 heavy (non-hydrogen) atoms. The lowest BCUT2D eigenvalue weighted by Gasteiger charge is -2.19. The third kappa shape index (κ3) is 4.23. The van der Waals surface area contributed by atoms with Gasteiger partial charge in [0.1, 0.15) is 11.6 Å². The number of nitrogens with one attached hydrogen (secondary N) is 1. The highest BCUT2D eigenvalue weighted by Crippen LogP contribution is 2.32. The van der Waals surface area contributed by atoms with Gasteiger partial charge in [-0.1, -0.05) is 0 Å². The van der Waals surface area contributed by atoms with Gasteiger partial charge >= 0.3 is 0 Å². The predicted molar refractivity (Wildman–Crippen MR) is 120 cm³/mol. The van der Waals surface area contributed by atoms with Gasteiger partial charge in [0.15, 0.2) is 0 Å². The first-order valence-corrected chi connectivity index (χ1v) is 9.94. The van der Waals surface area contributed by atoms with E-state index in [1.807, 2.05) is 6.07 Å². The molecular weight excluding hydrogens is 421 g/mol. The molecule has 0 radical (unpaired) electrons. The number of methoxy groups -OCH3 is 1. The fourth-order valence-electron chi connectivity index (χ4n) is 3.74. The van der Waals surface area contributed by atoms with Crippen LogP contribution in [0.25, 0.3) is 22.0 Å². The monoisotopic (exact) mass is 439 g/mol. The third-order valence-corrected chi connectivity index (χ3v) is 5.30. The number of nitriles is 2. The Bertz CT molecular complexity index is 1460. The zero-order valence-corrected chi connectivity index (χ0v) is 17.9. The van der Waals surface area contributed by atoms with Gasteiger partial charge in [0, 0.05) is 30.1 Å². The van der Waals surface area contributed by atoms with Crippen LogP contribution in [0.4, 0.5) is 4.39 Å². The number of carbonyl (C=O) groups is 1. The van der Waals surface area contributed by atoms with E-state index in [9.17, 15) is 14.4 Å². The molecule has 0 saturated carbocycles. The van der Waals surface area contributed by atoms with Gasteiger partial charge in [0.2, 0.25) is 0 Å². The Morgan fingerprint density at radius 2 is 1.88 bits per heavy atom. The second kappa shape index (κ2) is 8.81. The molecule has 0 saturated heterocycles. The Balaban J connectivity index is 1.64. The van der Waals surface area contributed by atoms with E-state index >= 15 is 0 Å². The Morgan fingerprint density at radius 3 is 2.61 bits per heavy atom. The number of hydrogen-bond acceptors (Lipinski definition) is 5. The number of fused-ring (bicyclic) bond motifs is 1. The van der Waals surface area contributed by atoms with Crippen molar-refractivity contribution >= 4 is 16.8 Å². The zero-order valence-electron chi connectivity index (χ0n) is 17.9. The summed E-state index contributed by atoms with van der Waals surface area (Å²) < 4.78 is 19.4. The second-order valence-corrected chi connectivity index (χ2v) is 7.50. The first kappa shape index (κ1) is 21.5. The minimum Gasteiger partial charge on any atom is -0.496 e. The molecule has 0 aliphatic rings. The summed E-state index contributed by atoms with van der Waals surface area (Å²) in [5.74, 6) is -0.409. The molecule has 4 aromatic rings. The zero-order chi connectivity index (χ0) is 23.5. The topological polar surface area (TPSA) is 106 Å². The van der Waals surface area contributed by atoms with E-state index in [4.69, 9.17) is 10.00 Å². The minimum absolute atomic E-state index is 0.191. The lowest BCUT2D eigenvalue weighted by molar-refractivity contribution is 0.0785. The van der Waals surface area contributed by atoms with Gasteiger partial charge in [-0.3, -0.25) is 9.89 Å². The van der Waals surface area contributed by atoms with Crippen LogP contribution in [0.3, 0.4) is 0 Å². The van der Waals surface area contributed by atoms with Crippen LogP contribution < -0.4 is 4.74 Å². The summed E-state index contributed by atoms with van der Waals surface area (Å²) in [5.41, 5.74) is 3.63. The molecule has 0 bridgehead atoms. The fraction of sp³-hybridized carbons (Fsp3) is 0.120. The third-order valence-electron chi connectivity index (χ3n) is 5.30. The molecule has 1 N–H and O–H groups in total. The minimum atomic E-state index is -0.532. The van der Waals surface area contributed by atoms with Crippen LogP contribution in [0, 0.1) is 28.5 Å². The van der Waals surface area contributed by atoms with E-state index < -0.39 is 5.82 Å². The highest BCUT2D eigenvalue weighted by Gasteiger charge is 2.18. The van der Waals surface area contributed by atoms with E-state index in [2.05, 4.69) is 16.3 Å². The molecule has 0 unspecified atom stereocenters. The predicted octanol–water partition coefficient (Wildman–Crippen LogP) is 4.39. The van der Waals surface area contributed by atoms with Crippen LogP contribution >= 0.6 is 0 Å². The summed E-state index contributed by atoms with van der Waals surface area (Å²) in [6.45, 7) is 0.256. The second-order valence-electron chi connectivity index (χ2n) is 7.50. The van der Waals surface area contributed by atoms with Crippen molar-refractivity contribution < 1.29 is 13.9 Å². The number of carbonyl (C=O) groups excluding carboxylic acids is 1. The van der Waals surface area contributed by atoms with Gasteiger partial charge in [0.25, 0.3) is 5.91 Å². The maximum Gasteiger partial charge on any atom is 0.254 e. The van der Waals surface area contributed by atoms with E-state index in [1.54, 1.807) is 49.6 Å². The molecule has 0 aliphatic heterocycles. The van der Waals surface area contributed by atoms with Crippen LogP contribution in [0.15, 0.2) is 54.7 Å². The summed E-state index contributed by atoms with van der Waals surface area (Å²) in [7, 11) is 3.12. The van der Waals surface area contributed by atoms with Gasteiger partial charge in [-0.05, 0) is 59.7 Å². The molecule has 0 aliphatic carbocycles. The molecule has 162 valence electrons. The van der Waals surface area contributed by atoms with E-state index in [1.165, 1.54) is 18.1 Å². The normalized spacial score (nSPS) is 10.5. The lowest BCUT2D eigenvalue weighted by Crippen LogP contribution is -2.26. The highest BCUT2D eigenvalue weighted by molar-refractivity contribution is 5.96. The number of rotatable bonds is 5. The number of amides is 1. The van der Waals surface area contributed by atoms with Crippen molar-refractivity contribution in [3.8, 4) is 29.0 Å². The summed E-state index contributed by atoms with van der Waals surface area (Å²) in [6.07, 6.45) is 1.63. The molecule has 0 spiro atoms. The van der Waals surface area contributed by atoms with Crippen LogP contribution in [-0.4, -0.2) is 35.2 Å². The molecule has 0 fully saturated rings. The maximum absolute atomic E-state index is 13.9. The maximum atomic E-state index is 13.9. The fourth-order valence-corrected chi connectivity index (χ4v) is 3.74. The summed E-state index contributed by atoms with van der Waals surface area (Å²) >= 11 is 0. The van der Waals surface area contributed by atoms with Gasteiger partial charge in [-0.15, -0.1) is 0 Å². The van der Waals surface area contributed by atoms with Crippen LogP contribution in [0.1, 0.15) is 27.0 Å². The standard InChI is InChI=1S/C25H18FN5O2/c1-31(14-20-7-15(11-27)6-19-13-29-30-24(19)20)25(32)17-3-4-22(23(10-17)33-2)18-5-16(12-28)8-21(26)9-18/h3-10,13H,14H2,1-2H3,(H,29,30). The SMILES string of the molecule is COc1cc(C(=O)N(C)Cc2cc(C#N)cc3cn[nH]c23)ccc1-c1cc(F)cc(C#N)c1. The highest BCUT2D eigenvalue weighted by atomic mass is 19.1.